The van der Waals surface area contributed by atoms with Crippen molar-refractivity contribution >= 4 is 21.6 Å². The van der Waals surface area contributed by atoms with Crippen molar-refractivity contribution in [1.29, 1.82) is 0 Å². The predicted octanol–water partition coefficient (Wildman–Crippen LogP) is 0.978. The van der Waals surface area contributed by atoms with Gasteiger partial charge in [-0.2, -0.15) is 0 Å². The topological polar surface area (TPSA) is 69.7 Å². The minimum Gasteiger partial charge on any atom is -0.336 e. The highest BCUT2D eigenvalue weighted by Gasteiger charge is 2.35. The number of carbonyl (C=O) groups is 1. The van der Waals surface area contributed by atoms with Crippen LogP contribution in [-0.2, 0) is 10.0 Å². The lowest BCUT2D eigenvalue weighted by atomic mass is 10.1. The van der Waals surface area contributed by atoms with E-state index in [9.17, 15) is 13.2 Å². The van der Waals surface area contributed by atoms with Gasteiger partial charge in [0.2, 0.25) is 10.0 Å². The third kappa shape index (κ3) is 3.41. The summed E-state index contributed by atoms with van der Waals surface area (Å²) in [5.74, 6) is 0.00435. The molecule has 1 heterocycles. The van der Waals surface area contributed by atoms with Gasteiger partial charge < -0.3 is 9.80 Å². The van der Waals surface area contributed by atoms with Crippen molar-refractivity contribution in [2.75, 3.05) is 37.9 Å². The molecule has 1 aliphatic heterocycles. The van der Waals surface area contributed by atoms with Crippen LogP contribution in [0, 0.1) is 0 Å². The molecule has 1 N–H and O–H groups in total. The Morgan fingerprint density at radius 3 is 2.23 bits per heavy atom. The Labute approximate surface area is 131 Å². The second-order valence-corrected chi connectivity index (χ2v) is 7.98. The van der Waals surface area contributed by atoms with Crippen LogP contribution < -0.4 is 4.72 Å². The number of sulfonamides is 1. The maximum Gasteiger partial charge on any atom is 0.253 e. The molecule has 1 aromatic rings. The maximum absolute atomic E-state index is 12.4. The number of likely N-dealkylation sites (N-methyl/N-ethyl adjacent to an activating group) is 1. The third-order valence-corrected chi connectivity index (χ3v) is 6.01. The van der Waals surface area contributed by atoms with Crippen LogP contribution in [0.4, 0.5) is 5.69 Å². The first-order valence-corrected chi connectivity index (χ1v) is 9.10. The molecule has 7 heteroatoms. The van der Waals surface area contributed by atoms with Crippen molar-refractivity contribution < 1.29 is 13.2 Å². The standard InChI is InChI=1S/C15H21N3O3S/c1-17-8-10-18(11-9-17)15(19)12-2-4-13(5-3-12)16-22(20,21)14-6-7-14/h2-5,14,16H,6-11H2,1H3. The average molecular weight is 323 g/mol. The zero-order valence-corrected chi connectivity index (χ0v) is 13.5. The first-order chi connectivity index (χ1) is 10.5. The number of nitrogens with zero attached hydrogens (tertiary/aromatic N) is 2. The van der Waals surface area contributed by atoms with Gasteiger partial charge in [0.1, 0.15) is 0 Å². The molecule has 1 aliphatic carbocycles. The van der Waals surface area contributed by atoms with E-state index >= 15 is 0 Å². The van der Waals surface area contributed by atoms with Gasteiger partial charge in [0.05, 0.1) is 5.25 Å². The second kappa shape index (κ2) is 5.89. The molecule has 1 aromatic carbocycles. The molecule has 0 aromatic heterocycles. The molecule has 2 aliphatic rings. The number of benzene rings is 1. The van der Waals surface area contributed by atoms with Gasteiger partial charge in [-0.15, -0.1) is 0 Å². The number of anilines is 1. The molecule has 0 bridgehead atoms. The Kier molecular flexibility index (Phi) is 4.10. The lowest BCUT2D eigenvalue weighted by molar-refractivity contribution is 0.0664. The molecule has 0 spiro atoms. The van der Waals surface area contributed by atoms with Crippen molar-refractivity contribution in [2.45, 2.75) is 18.1 Å². The van der Waals surface area contributed by atoms with E-state index in [4.69, 9.17) is 0 Å². The molecule has 0 unspecified atom stereocenters. The first-order valence-electron chi connectivity index (χ1n) is 7.55. The molecular formula is C15H21N3O3S. The Morgan fingerprint density at radius 1 is 1.09 bits per heavy atom. The molecule has 0 atom stereocenters. The van der Waals surface area contributed by atoms with Gasteiger partial charge in [0.15, 0.2) is 0 Å². The second-order valence-electron chi connectivity index (χ2n) is 6.02. The summed E-state index contributed by atoms with van der Waals surface area (Å²) in [5, 5.41) is -0.251. The van der Waals surface area contributed by atoms with Gasteiger partial charge in [0.25, 0.3) is 5.91 Å². The number of carbonyl (C=O) groups excluding carboxylic acids is 1. The number of nitrogens with one attached hydrogen (secondary N) is 1. The fourth-order valence-corrected chi connectivity index (χ4v) is 3.89. The van der Waals surface area contributed by atoms with E-state index in [1.165, 1.54) is 0 Å². The Bertz CT molecular complexity index is 645. The van der Waals surface area contributed by atoms with Crippen LogP contribution in [0.25, 0.3) is 0 Å². The highest BCUT2D eigenvalue weighted by atomic mass is 32.2. The summed E-state index contributed by atoms with van der Waals surface area (Å²) < 4.78 is 26.3. The zero-order chi connectivity index (χ0) is 15.7. The van der Waals surface area contributed by atoms with E-state index < -0.39 is 10.0 Å². The highest BCUT2D eigenvalue weighted by molar-refractivity contribution is 7.93. The normalized spacial score (nSPS) is 20.0. The van der Waals surface area contributed by atoms with E-state index in [2.05, 4.69) is 9.62 Å². The van der Waals surface area contributed by atoms with Crippen LogP contribution in [0.5, 0.6) is 0 Å². The van der Waals surface area contributed by atoms with Crippen LogP contribution in [0.1, 0.15) is 23.2 Å². The molecule has 1 saturated heterocycles. The van der Waals surface area contributed by atoms with Crippen molar-refractivity contribution in [3.63, 3.8) is 0 Å². The van der Waals surface area contributed by atoms with E-state index in [1.807, 2.05) is 11.9 Å². The first kappa shape index (κ1) is 15.3. The zero-order valence-electron chi connectivity index (χ0n) is 12.7. The van der Waals surface area contributed by atoms with Gasteiger partial charge in [-0.3, -0.25) is 9.52 Å². The van der Waals surface area contributed by atoms with Gasteiger partial charge in [0, 0.05) is 37.4 Å². The highest BCUT2D eigenvalue weighted by Crippen LogP contribution is 2.29. The summed E-state index contributed by atoms with van der Waals surface area (Å²) in [6.07, 6.45) is 1.46. The predicted molar refractivity (Wildman–Crippen MR) is 85.4 cm³/mol. The molecule has 3 rings (SSSR count). The van der Waals surface area contributed by atoms with Crippen molar-refractivity contribution in [2.24, 2.45) is 0 Å². The number of rotatable bonds is 4. The van der Waals surface area contributed by atoms with Gasteiger partial charge in [-0.1, -0.05) is 0 Å². The molecule has 1 amide bonds. The van der Waals surface area contributed by atoms with Crippen molar-refractivity contribution in [3.05, 3.63) is 29.8 Å². The van der Waals surface area contributed by atoms with Crippen LogP contribution in [0.3, 0.4) is 0 Å². The van der Waals surface area contributed by atoms with E-state index in [0.717, 1.165) is 39.0 Å². The number of hydrogen-bond acceptors (Lipinski definition) is 4. The lowest BCUT2D eigenvalue weighted by Crippen LogP contribution is -2.47. The fraction of sp³-hybridized carbons (Fsp3) is 0.533. The van der Waals surface area contributed by atoms with E-state index in [0.29, 0.717) is 11.3 Å². The summed E-state index contributed by atoms with van der Waals surface area (Å²) in [5.41, 5.74) is 1.11. The molecule has 1 saturated carbocycles. The summed E-state index contributed by atoms with van der Waals surface area (Å²) in [4.78, 5) is 16.4. The molecule has 2 fully saturated rings. The summed E-state index contributed by atoms with van der Waals surface area (Å²) >= 11 is 0. The van der Waals surface area contributed by atoms with Crippen molar-refractivity contribution in [3.8, 4) is 0 Å². The van der Waals surface area contributed by atoms with Gasteiger partial charge in [-0.25, -0.2) is 8.42 Å². The minimum atomic E-state index is -3.25. The monoisotopic (exact) mass is 323 g/mol. The smallest absolute Gasteiger partial charge is 0.253 e. The van der Waals surface area contributed by atoms with Crippen LogP contribution in [-0.4, -0.2) is 62.6 Å². The Hall–Kier alpha value is -1.60. The summed E-state index contributed by atoms with van der Waals surface area (Å²) in [6.45, 7) is 3.22. The number of piperazine rings is 1. The lowest BCUT2D eigenvalue weighted by Gasteiger charge is -2.32. The average Bonchev–Trinajstić information content (AvgIpc) is 3.33. The third-order valence-electron chi connectivity index (χ3n) is 4.15. The molecule has 0 radical (unpaired) electrons. The van der Waals surface area contributed by atoms with E-state index in [-0.39, 0.29) is 11.2 Å². The maximum atomic E-state index is 12.4. The number of hydrogen-bond donors (Lipinski definition) is 1. The Balaban J connectivity index is 1.65. The SMILES string of the molecule is CN1CCN(C(=O)c2ccc(NS(=O)(=O)C3CC3)cc2)CC1. The van der Waals surface area contributed by atoms with Crippen LogP contribution in [0.15, 0.2) is 24.3 Å². The summed E-state index contributed by atoms with van der Waals surface area (Å²) in [7, 11) is -1.21. The molecule has 6 nitrogen and oxygen atoms in total. The van der Waals surface area contributed by atoms with Gasteiger partial charge in [-0.05, 0) is 44.2 Å². The van der Waals surface area contributed by atoms with E-state index in [1.54, 1.807) is 24.3 Å². The van der Waals surface area contributed by atoms with Crippen LogP contribution in [0.2, 0.25) is 0 Å². The Morgan fingerprint density at radius 2 is 1.68 bits per heavy atom. The van der Waals surface area contributed by atoms with Crippen molar-refractivity contribution in [1.82, 2.24) is 9.80 Å². The quantitative estimate of drug-likeness (QED) is 0.897. The minimum absolute atomic E-state index is 0.00435. The molecule has 22 heavy (non-hydrogen) atoms. The number of amides is 1. The molecule has 120 valence electrons. The fourth-order valence-electron chi connectivity index (χ4n) is 2.50. The molecular weight excluding hydrogens is 302 g/mol. The largest absolute Gasteiger partial charge is 0.336 e. The summed E-state index contributed by atoms with van der Waals surface area (Å²) in [6, 6.07) is 6.68. The van der Waals surface area contributed by atoms with Gasteiger partial charge >= 0.3 is 0 Å². The van der Waals surface area contributed by atoms with Crippen LogP contribution >= 0.6 is 0 Å².